The van der Waals surface area contributed by atoms with Gasteiger partial charge in [-0.15, -0.1) is 0 Å². The predicted molar refractivity (Wildman–Crippen MR) is 111 cm³/mol. The number of carbonyl (C=O) groups excluding carboxylic acids is 4. The summed E-state index contributed by atoms with van der Waals surface area (Å²) in [5.74, 6) is -1.11. The first kappa shape index (κ1) is 20.7. The molecule has 1 unspecified atom stereocenters. The lowest BCUT2D eigenvalue weighted by Crippen LogP contribution is -2.36. The molecule has 8 nitrogen and oxygen atoms in total. The smallest absolute Gasteiger partial charge is 0.310 e. The van der Waals surface area contributed by atoms with E-state index in [1.54, 1.807) is 31.2 Å². The van der Waals surface area contributed by atoms with Gasteiger partial charge in [-0.2, -0.15) is 0 Å². The summed E-state index contributed by atoms with van der Waals surface area (Å²) < 4.78 is 10.6. The summed E-state index contributed by atoms with van der Waals surface area (Å²) in [5, 5.41) is 2.73. The molecule has 2 heterocycles. The minimum atomic E-state index is -0.388. The Labute approximate surface area is 179 Å². The SMILES string of the molecule is CCC(=O)Oc1ccc(C(=O)Nc2ccc3c(c2)C(=O)N(CC2CCCO2)C3=O)cc1. The minimum absolute atomic E-state index is 0.124. The van der Waals surface area contributed by atoms with Crippen LogP contribution in [0, 0.1) is 0 Å². The number of nitrogens with zero attached hydrogens (tertiary/aromatic N) is 1. The number of ether oxygens (including phenoxy) is 2. The molecular formula is C23H22N2O6. The first-order valence-corrected chi connectivity index (χ1v) is 10.2. The molecule has 2 aromatic rings. The van der Waals surface area contributed by atoms with Gasteiger partial charge in [-0.05, 0) is 55.3 Å². The van der Waals surface area contributed by atoms with Gasteiger partial charge in [-0.3, -0.25) is 24.1 Å². The Kier molecular flexibility index (Phi) is 5.81. The van der Waals surface area contributed by atoms with Crippen LogP contribution in [0.3, 0.4) is 0 Å². The highest BCUT2D eigenvalue weighted by atomic mass is 16.5. The van der Waals surface area contributed by atoms with Crippen molar-refractivity contribution in [1.82, 2.24) is 4.90 Å². The van der Waals surface area contributed by atoms with E-state index in [1.807, 2.05) is 0 Å². The van der Waals surface area contributed by atoms with E-state index in [2.05, 4.69) is 5.32 Å². The van der Waals surface area contributed by atoms with Crippen molar-refractivity contribution in [2.24, 2.45) is 0 Å². The molecule has 0 aliphatic carbocycles. The molecule has 1 saturated heterocycles. The van der Waals surface area contributed by atoms with Crippen LogP contribution in [-0.4, -0.2) is 47.8 Å². The lowest BCUT2D eigenvalue weighted by molar-refractivity contribution is -0.134. The number of nitrogens with one attached hydrogen (secondary N) is 1. The van der Waals surface area contributed by atoms with Crippen molar-refractivity contribution in [3.05, 3.63) is 59.2 Å². The molecule has 160 valence electrons. The van der Waals surface area contributed by atoms with Crippen molar-refractivity contribution in [1.29, 1.82) is 0 Å². The van der Waals surface area contributed by atoms with E-state index in [0.717, 1.165) is 12.8 Å². The van der Waals surface area contributed by atoms with Gasteiger partial charge in [0.25, 0.3) is 17.7 Å². The van der Waals surface area contributed by atoms with Gasteiger partial charge in [0.1, 0.15) is 5.75 Å². The molecule has 2 aromatic carbocycles. The Hall–Kier alpha value is -3.52. The van der Waals surface area contributed by atoms with Crippen LogP contribution in [0.25, 0.3) is 0 Å². The standard InChI is InChI=1S/C23H22N2O6/c1-2-20(26)31-16-8-5-14(6-9-16)21(27)24-15-7-10-18-19(12-15)23(29)25(22(18)28)13-17-4-3-11-30-17/h5-10,12,17H,2-4,11,13H2,1H3,(H,24,27). The molecule has 2 aliphatic rings. The highest BCUT2D eigenvalue weighted by Crippen LogP contribution is 2.28. The second-order valence-electron chi connectivity index (χ2n) is 7.42. The maximum absolute atomic E-state index is 12.7. The van der Waals surface area contributed by atoms with E-state index in [1.165, 1.54) is 23.1 Å². The van der Waals surface area contributed by atoms with Gasteiger partial charge in [0.15, 0.2) is 0 Å². The summed E-state index contributed by atoms with van der Waals surface area (Å²) in [6.45, 7) is 2.58. The van der Waals surface area contributed by atoms with Crippen molar-refractivity contribution < 1.29 is 28.7 Å². The second-order valence-corrected chi connectivity index (χ2v) is 7.42. The Morgan fingerprint density at radius 3 is 2.52 bits per heavy atom. The summed E-state index contributed by atoms with van der Waals surface area (Å²) in [7, 11) is 0. The topological polar surface area (TPSA) is 102 Å². The third-order valence-corrected chi connectivity index (χ3v) is 5.28. The Morgan fingerprint density at radius 1 is 1.10 bits per heavy atom. The monoisotopic (exact) mass is 422 g/mol. The van der Waals surface area contributed by atoms with Gasteiger partial charge in [-0.25, -0.2) is 0 Å². The molecule has 1 N–H and O–H groups in total. The van der Waals surface area contributed by atoms with E-state index in [0.29, 0.717) is 29.2 Å². The average molecular weight is 422 g/mol. The van der Waals surface area contributed by atoms with E-state index in [9.17, 15) is 19.2 Å². The van der Waals surface area contributed by atoms with Gasteiger partial charge >= 0.3 is 5.97 Å². The summed E-state index contributed by atoms with van der Waals surface area (Å²) in [6, 6.07) is 10.8. The quantitative estimate of drug-likeness (QED) is 0.436. The maximum Gasteiger partial charge on any atom is 0.310 e. The number of amides is 3. The third-order valence-electron chi connectivity index (χ3n) is 5.28. The first-order valence-electron chi connectivity index (χ1n) is 10.2. The van der Waals surface area contributed by atoms with Crippen molar-refractivity contribution in [2.75, 3.05) is 18.5 Å². The van der Waals surface area contributed by atoms with Gasteiger partial charge in [0.05, 0.1) is 23.8 Å². The molecule has 0 radical (unpaired) electrons. The molecule has 31 heavy (non-hydrogen) atoms. The number of imide groups is 1. The number of rotatable bonds is 6. The molecule has 2 aliphatic heterocycles. The highest BCUT2D eigenvalue weighted by molar-refractivity contribution is 6.22. The fraction of sp³-hybridized carbons (Fsp3) is 0.304. The van der Waals surface area contributed by atoms with Crippen LogP contribution in [0.15, 0.2) is 42.5 Å². The van der Waals surface area contributed by atoms with Gasteiger partial charge in [0, 0.05) is 24.3 Å². The summed E-state index contributed by atoms with van der Waals surface area (Å²) in [5.41, 5.74) is 1.36. The molecule has 1 fully saturated rings. The molecular weight excluding hydrogens is 400 g/mol. The molecule has 0 aromatic heterocycles. The maximum atomic E-state index is 12.7. The zero-order valence-corrected chi connectivity index (χ0v) is 17.1. The molecule has 8 heteroatoms. The normalized spacial score (nSPS) is 17.6. The van der Waals surface area contributed by atoms with Gasteiger partial charge in [-0.1, -0.05) is 6.92 Å². The molecule has 0 saturated carbocycles. The number of anilines is 1. The van der Waals surface area contributed by atoms with Crippen molar-refractivity contribution in [2.45, 2.75) is 32.3 Å². The highest BCUT2D eigenvalue weighted by Gasteiger charge is 2.37. The lowest BCUT2D eigenvalue weighted by Gasteiger charge is -2.17. The second kappa shape index (κ2) is 8.69. The molecule has 4 rings (SSSR count). The molecule has 1 atom stereocenters. The number of fused-ring (bicyclic) bond motifs is 1. The van der Waals surface area contributed by atoms with Crippen LogP contribution < -0.4 is 10.1 Å². The molecule has 0 bridgehead atoms. The third kappa shape index (κ3) is 4.34. The predicted octanol–water partition coefficient (Wildman–Crippen LogP) is 3.03. The Balaban J connectivity index is 1.44. The fourth-order valence-corrected chi connectivity index (χ4v) is 3.61. The first-order chi connectivity index (χ1) is 15.0. The van der Waals surface area contributed by atoms with Crippen LogP contribution in [-0.2, 0) is 9.53 Å². The minimum Gasteiger partial charge on any atom is -0.427 e. The fourth-order valence-electron chi connectivity index (χ4n) is 3.61. The largest absolute Gasteiger partial charge is 0.427 e. The Morgan fingerprint density at radius 2 is 1.84 bits per heavy atom. The summed E-state index contributed by atoms with van der Waals surface area (Å²) in [4.78, 5) is 50.5. The molecule has 3 amide bonds. The van der Waals surface area contributed by atoms with Crippen LogP contribution in [0.1, 0.15) is 57.3 Å². The van der Waals surface area contributed by atoms with E-state index >= 15 is 0 Å². The average Bonchev–Trinajstić information content (AvgIpc) is 3.37. The number of carbonyl (C=O) groups is 4. The summed E-state index contributed by atoms with van der Waals surface area (Å²) in [6.07, 6.45) is 1.88. The van der Waals surface area contributed by atoms with Crippen molar-refractivity contribution in [3.8, 4) is 5.75 Å². The van der Waals surface area contributed by atoms with E-state index < -0.39 is 0 Å². The summed E-state index contributed by atoms with van der Waals surface area (Å²) >= 11 is 0. The number of hydrogen-bond donors (Lipinski definition) is 1. The zero-order valence-electron chi connectivity index (χ0n) is 17.1. The number of esters is 1. The van der Waals surface area contributed by atoms with Gasteiger partial charge < -0.3 is 14.8 Å². The van der Waals surface area contributed by atoms with E-state index in [4.69, 9.17) is 9.47 Å². The number of benzene rings is 2. The Bertz CT molecular complexity index is 1040. The number of hydrogen-bond acceptors (Lipinski definition) is 6. The van der Waals surface area contributed by atoms with Crippen LogP contribution in [0.4, 0.5) is 5.69 Å². The molecule has 0 spiro atoms. The van der Waals surface area contributed by atoms with Crippen LogP contribution in [0.5, 0.6) is 5.75 Å². The zero-order chi connectivity index (χ0) is 22.0. The van der Waals surface area contributed by atoms with Crippen molar-refractivity contribution in [3.63, 3.8) is 0 Å². The van der Waals surface area contributed by atoms with Crippen molar-refractivity contribution >= 4 is 29.4 Å². The van der Waals surface area contributed by atoms with Gasteiger partial charge in [0.2, 0.25) is 0 Å². The van der Waals surface area contributed by atoms with Crippen LogP contribution >= 0.6 is 0 Å². The van der Waals surface area contributed by atoms with Crippen LogP contribution in [0.2, 0.25) is 0 Å². The van der Waals surface area contributed by atoms with E-state index in [-0.39, 0.29) is 48.3 Å². The lowest BCUT2D eigenvalue weighted by atomic mass is 10.1.